The van der Waals surface area contributed by atoms with E-state index in [9.17, 15) is 9.90 Å². The molecule has 0 amide bonds. The Labute approximate surface area is 176 Å². The molecule has 0 spiro atoms. The maximum absolute atomic E-state index is 12.3. The van der Waals surface area contributed by atoms with Gasteiger partial charge in [-0.25, -0.2) is 4.79 Å². The number of nitrogens with zero attached hydrogens (tertiary/aromatic N) is 1. The molecule has 152 valence electrons. The lowest BCUT2D eigenvalue weighted by Crippen LogP contribution is -2.17. The molecule has 4 heteroatoms. The van der Waals surface area contributed by atoms with Crippen LogP contribution in [0.1, 0.15) is 38.3 Å². The molecule has 4 rings (SSSR count). The predicted molar refractivity (Wildman–Crippen MR) is 121 cm³/mol. The van der Waals surface area contributed by atoms with Crippen LogP contribution in [0.15, 0.2) is 72.8 Å². The lowest BCUT2D eigenvalue weighted by atomic mass is 10.1. The van der Waals surface area contributed by atoms with Crippen molar-refractivity contribution < 1.29 is 9.90 Å². The van der Waals surface area contributed by atoms with Crippen molar-refractivity contribution in [1.29, 1.82) is 0 Å². The molecule has 2 N–H and O–H groups in total. The monoisotopic (exact) mass is 398 g/mol. The van der Waals surface area contributed by atoms with E-state index in [4.69, 9.17) is 0 Å². The number of carboxylic acid groups (broad SMARTS) is 1. The van der Waals surface area contributed by atoms with Gasteiger partial charge in [-0.3, -0.25) is 0 Å². The van der Waals surface area contributed by atoms with Crippen LogP contribution in [-0.4, -0.2) is 15.6 Å². The molecule has 0 atom stereocenters. The second kappa shape index (κ2) is 8.56. The van der Waals surface area contributed by atoms with Crippen molar-refractivity contribution in [1.82, 2.24) is 9.88 Å². The Balaban J connectivity index is 1.73. The minimum atomic E-state index is -0.896. The van der Waals surface area contributed by atoms with Gasteiger partial charge < -0.3 is 15.0 Å². The predicted octanol–water partition coefficient (Wildman–Crippen LogP) is 5.29. The van der Waals surface area contributed by atoms with E-state index in [0.717, 1.165) is 27.6 Å². The Morgan fingerprint density at radius 2 is 1.67 bits per heavy atom. The zero-order valence-electron chi connectivity index (χ0n) is 17.4. The fourth-order valence-electron chi connectivity index (χ4n) is 4.02. The molecule has 0 fully saturated rings. The van der Waals surface area contributed by atoms with Crippen LogP contribution in [0.25, 0.3) is 10.9 Å². The average molecular weight is 399 g/mol. The molecule has 1 aromatic heterocycles. The summed E-state index contributed by atoms with van der Waals surface area (Å²) in [4.78, 5) is 12.3. The summed E-state index contributed by atoms with van der Waals surface area (Å²) in [6.07, 6.45) is 0. The van der Waals surface area contributed by atoms with Gasteiger partial charge in [0.1, 0.15) is 5.69 Å². The first kappa shape index (κ1) is 19.9. The minimum Gasteiger partial charge on any atom is -0.477 e. The first-order chi connectivity index (χ1) is 14.5. The van der Waals surface area contributed by atoms with Gasteiger partial charge in [-0.05, 0) is 42.2 Å². The molecule has 0 radical (unpaired) electrons. The van der Waals surface area contributed by atoms with Crippen LogP contribution in [0.3, 0.4) is 0 Å². The topological polar surface area (TPSA) is 54.3 Å². The van der Waals surface area contributed by atoms with Crippen molar-refractivity contribution in [2.75, 3.05) is 0 Å². The van der Waals surface area contributed by atoms with Gasteiger partial charge in [0.15, 0.2) is 0 Å². The Kier molecular flexibility index (Phi) is 5.68. The van der Waals surface area contributed by atoms with E-state index in [1.54, 1.807) is 0 Å². The van der Waals surface area contributed by atoms with Crippen molar-refractivity contribution >= 4 is 16.9 Å². The van der Waals surface area contributed by atoms with Crippen LogP contribution < -0.4 is 5.32 Å². The number of nitrogens with one attached hydrogen (secondary N) is 1. The zero-order valence-corrected chi connectivity index (χ0v) is 17.4. The summed E-state index contributed by atoms with van der Waals surface area (Å²) in [6, 6.07) is 24.4. The van der Waals surface area contributed by atoms with E-state index < -0.39 is 5.97 Å². The van der Waals surface area contributed by atoms with E-state index in [1.165, 1.54) is 11.1 Å². The molecule has 0 aliphatic carbocycles. The van der Waals surface area contributed by atoms with Crippen LogP contribution in [0.4, 0.5) is 0 Å². The molecule has 4 nitrogen and oxygen atoms in total. The highest BCUT2D eigenvalue weighted by Crippen LogP contribution is 2.29. The molecule has 1 heterocycles. The number of aromatic carboxylic acids is 1. The molecule has 3 aromatic carbocycles. The molecule has 0 aliphatic heterocycles. The molecule has 0 aliphatic rings. The third-order valence-electron chi connectivity index (χ3n) is 5.59. The third kappa shape index (κ3) is 4.00. The highest BCUT2D eigenvalue weighted by Gasteiger charge is 2.22. The van der Waals surface area contributed by atoms with Gasteiger partial charge in [-0.15, -0.1) is 0 Å². The summed E-state index contributed by atoms with van der Waals surface area (Å²) in [6.45, 7) is 5.85. The quantitative estimate of drug-likeness (QED) is 0.444. The Hall–Kier alpha value is -3.37. The van der Waals surface area contributed by atoms with E-state index in [-0.39, 0.29) is 0 Å². The molecule has 30 heavy (non-hydrogen) atoms. The molecule has 0 bridgehead atoms. The van der Waals surface area contributed by atoms with Gasteiger partial charge in [0.05, 0.1) is 0 Å². The fraction of sp³-hybridized carbons (Fsp3) is 0.192. The number of hydrogen-bond acceptors (Lipinski definition) is 2. The number of rotatable bonds is 7. The van der Waals surface area contributed by atoms with Crippen molar-refractivity contribution in [3.8, 4) is 0 Å². The second-order valence-electron chi connectivity index (χ2n) is 7.75. The minimum absolute atomic E-state index is 0.358. The number of carboxylic acids is 1. The number of carbonyl (C=O) groups is 1. The Morgan fingerprint density at radius 1 is 0.933 bits per heavy atom. The first-order valence-corrected chi connectivity index (χ1v) is 10.2. The first-order valence-electron chi connectivity index (χ1n) is 10.2. The van der Waals surface area contributed by atoms with Crippen LogP contribution in [-0.2, 0) is 19.6 Å². The number of aromatic nitrogens is 1. The summed E-state index contributed by atoms with van der Waals surface area (Å²) >= 11 is 0. The van der Waals surface area contributed by atoms with E-state index >= 15 is 0 Å². The van der Waals surface area contributed by atoms with Crippen molar-refractivity contribution in [3.63, 3.8) is 0 Å². The highest BCUT2D eigenvalue weighted by molar-refractivity contribution is 5.98. The average Bonchev–Trinajstić information content (AvgIpc) is 3.03. The van der Waals surface area contributed by atoms with Gasteiger partial charge in [0.25, 0.3) is 0 Å². The normalized spacial score (nSPS) is 11.1. The summed E-state index contributed by atoms with van der Waals surface area (Å²) in [7, 11) is 0. The molecular formula is C26H26N2O2. The van der Waals surface area contributed by atoms with Crippen LogP contribution >= 0.6 is 0 Å². The van der Waals surface area contributed by atoms with E-state index in [2.05, 4.69) is 30.4 Å². The Bertz CT molecular complexity index is 1190. The number of hydrogen-bond donors (Lipinski definition) is 2. The lowest BCUT2D eigenvalue weighted by molar-refractivity contribution is 0.0684. The zero-order chi connectivity index (χ0) is 21.1. The van der Waals surface area contributed by atoms with Crippen LogP contribution in [0.2, 0.25) is 0 Å². The summed E-state index contributed by atoms with van der Waals surface area (Å²) < 4.78 is 1.94. The third-order valence-corrected chi connectivity index (χ3v) is 5.59. The van der Waals surface area contributed by atoms with Crippen molar-refractivity contribution in [2.24, 2.45) is 0 Å². The van der Waals surface area contributed by atoms with Crippen molar-refractivity contribution in [2.45, 2.75) is 33.5 Å². The maximum Gasteiger partial charge on any atom is 0.352 e. The van der Waals surface area contributed by atoms with Crippen LogP contribution in [0.5, 0.6) is 0 Å². The highest BCUT2D eigenvalue weighted by atomic mass is 16.4. The summed E-state index contributed by atoms with van der Waals surface area (Å²) in [5.41, 5.74) is 6.80. The lowest BCUT2D eigenvalue weighted by Gasteiger charge is -2.11. The second-order valence-corrected chi connectivity index (χ2v) is 7.75. The van der Waals surface area contributed by atoms with Gasteiger partial charge >= 0.3 is 5.97 Å². The number of benzene rings is 3. The molecule has 0 saturated carbocycles. The van der Waals surface area contributed by atoms with Crippen LogP contribution in [0, 0.1) is 13.8 Å². The SMILES string of the molecule is Cc1ccc2c(CNCc3ccccc3C)c(C(=O)O)n(Cc3ccccc3)c2c1. The smallest absolute Gasteiger partial charge is 0.352 e. The number of aryl methyl sites for hydroxylation is 2. The van der Waals surface area contributed by atoms with E-state index in [1.807, 2.05) is 66.1 Å². The maximum atomic E-state index is 12.3. The molecular weight excluding hydrogens is 372 g/mol. The summed E-state index contributed by atoms with van der Waals surface area (Å²) in [5.74, 6) is -0.896. The van der Waals surface area contributed by atoms with E-state index in [0.29, 0.717) is 25.3 Å². The standard InChI is InChI=1S/C26H26N2O2/c1-18-12-13-22-23(16-27-15-21-11-7-6-8-19(21)2)25(26(29)30)28(24(22)14-18)17-20-9-4-3-5-10-20/h3-14,27H,15-17H2,1-2H3,(H,29,30). The number of fused-ring (bicyclic) bond motifs is 1. The molecule has 4 aromatic rings. The van der Waals surface area contributed by atoms with Gasteiger partial charge in [0.2, 0.25) is 0 Å². The van der Waals surface area contributed by atoms with Gasteiger partial charge in [-0.1, -0.05) is 66.7 Å². The summed E-state index contributed by atoms with van der Waals surface area (Å²) in [5, 5.41) is 14.6. The van der Waals surface area contributed by atoms with Gasteiger partial charge in [0, 0.05) is 36.1 Å². The fourth-order valence-corrected chi connectivity index (χ4v) is 4.02. The van der Waals surface area contributed by atoms with Gasteiger partial charge in [-0.2, -0.15) is 0 Å². The van der Waals surface area contributed by atoms with Crippen molar-refractivity contribution in [3.05, 3.63) is 106 Å². The largest absolute Gasteiger partial charge is 0.477 e. The molecule has 0 unspecified atom stereocenters. The molecule has 0 saturated heterocycles. The Morgan fingerprint density at radius 3 is 2.40 bits per heavy atom.